The van der Waals surface area contributed by atoms with Crippen molar-refractivity contribution >= 4 is 11.7 Å². The lowest BCUT2D eigenvalue weighted by molar-refractivity contribution is 0.251. The summed E-state index contributed by atoms with van der Waals surface area (Å²) < 4.78 is 0. The predicted octanol–water partition coefficient (Wildman–Crippen LogP) is 4.75. The molecule has 116 valence electrons. The van der Waals surface area contributed by atoms with Crippen LogP contribution in [-0.4, -0.2) is 6.03 Å². The van der Waals surface area contributed by atoms with Crippen molar-refractivity contribution in [1.29, 1.82) is 0 Å². The Balaban J connectivity index is 2.02. The van der Waals surface area contributed by atoms with Crippen molar-refractivity contribution in [2.24, 2.45) is 0 Å². The molecule has 0 aliphatic rings. The van der Waals surface area contributed by atoms with E-state index in [1.54, 1.807) is 0 Å². The smallest absolute Gasteiger partial charge is 0.319 e. The van der Waals surface area contributed by atoms with Crippen molar-refractivity contribution in [3.05, 3.63) is 64.7 Å². The zero-order valence-electron chi connectivity index (χ0n) is 13.7. The highest BCUT2D eigenvalue weighted by atomic mass is 16.2. The minimum atomic E-state index is -0.170. The van der Waals surface area contributed by atoms with Crippen LogP contribution in [0, 0.1) is 13.8 Å². The van der Waals surface area contributed by atoms with E-state index >= 15 is 0 Å². The van der Waals surface area contributed by atoms with Gasteiger partial charge in [-0.1, -0.05) is 61.9 Å². The zero-order valence-corrected chi connectivity index (χ0v) is 13.7. The Morgan fingerprint density at radius 3 is 2.36 bits per heavy atom. The number of urea groups is 1. The van der Waals surface area contributed by atoms with Crippen LogP contribution in [-0.2, 0) is 6.54 Å². The summed E-state index contributed by atoms with van der Waals surface area (Å²) >= 11 is 0. The molecule has 0 saturated heterocycles. The summed E-state index contributed by atoms with van der Waals surface area (Å²) in [7, 11) is 0. The number of rotatable bonds is 4. The van der Waals surface area contributed by atoms with E-state index in [1.165, 1.54) is 5.56 Å². The number of carbonyl (C=O) groups is 1. The van der Waals surface area contributed by atoms with Gasteiger partial charge in [0.05, 0.1) is 0 Å². The largest absolute Gasteiger partial charge is 0.334 e. The molecule has 0 radical (unpaired) electrons. The summed E-state index contributed by atoms with van der Waals surface area (Å²) in [5.74, 6) is 0.368. The number of benzene rings is 2. The van der Waals surface area contributed by atoms with Crippen LogP contribution >= 0.6 is 0 Å². The molecule has 22 heavy (non-hydrogen) atoms. The SMILES string of the molecule is Cc1ccc(CNC(=O)Nc2c(C)cccc2C(C)C)cc1. The van der Waals surface area contributed by atoms with E-state index in [4.69, 9.17) is 0 Å². The average molecular weight is 296 g/mol. The molecule has 2 aromatic rings. The molecule has 0 spiro atoms. The molecule has 3 heteroatoms. The van der Waals surface area contributed by atoms with Crippen LogP contribution in [0.4, 0.5) is 10.5 Å². The van der Waals surface area contributed by atoms with Gasteiger partial charge >= 0.3 is 6.03 Å². The van der Waals surface area contributed by atoms with Gasteiger partial charge in [0.25, 0.3) is 0 Å². The maximum absolute atomic E-state index is 12.2. The van der Waals surface area contributed by atoms with E-state index in [0.29, 0.717) is 12.5 Å². The number of hydrogen-bond donors (Lipinski definition) is 2. The van der Waals surface area contributed by atoms with Gasteiger partial charge in [-0.15, -0.1) is 0 Å². The Morgan fingerprint density at radius 2 is 1.73 bits per heavy atom. The first-order valence-electron chi connectivity index (χ1n) is 7.67. The standard InChI is InChI=1S/C19H24N2O/c1-13(2)17-7-5-6-15(4)18(17)21-19(22)20-12-16-10-8-14(3)9-11-16/h5-11,13H,12H2,1-4H3,(H2,20,21,22). The Labute approximate surface area is 132 Å². The van der Waals surface area contributed by atoms with Crippen molar-refractivity contribution in [3.8, 4) is 0 Å². The van der Waals surface area contributed by atoms with Crippen molar-refractivity contribution < 1.29 is 4.79 Å². The molecule has 0 atom stereocenters. The lowest BCUT2D eigenvalue weighted by Crippen LogP contribution is -2.29. The summed E-state index contributed by atoms with van der Waals surface area (Å²) in [4.78, 5) is 12.2. The number of amides is 2. The second-order valence-corrected chi connectivity index (χ2v) is 5.99. The van der Waals surface area contributed by atoms with E-state index < -0.39 is 0 Å². The van der Waals surface area contributed by atoms with Crippen molar-refractivity contribution in [1.82, 2.24) is 5.32 Å². The summed E-state index contributed by atoms with van der Waals surface area (Å²) in [6.07, 6.45) is 0. The molecule has 0 aliphatic heterocycles. The number of carbonyl (C=O) groups excluding carboxylic acids is 1. The second kappa shape index (κ2) is 7.12. The zero-order chi connectivity index (χ0) is 16.1. The highest BCUT2D eigenvalue weighted by Gasteiger charge is 2.11. The Bertz CT molecular complexity index is 645. The van der Waals surface area contributed by atoms with Crippen molar-refractivity contribution in [2.75, 3.05) is 5.32 Å². The molecule has 0 fully saturated rings. The lowest BCUT2D eigenvalue weighted by atomic mass is 9.98. The average Bonchev–Trinajstić information content (AvgIpc) is 2.48. The first-order valence-corrected chi connectivity index (χ1v) is 7.67. The van der Waals surface area contributed by atoms with E-state index in [1.807, 2.05) is 43.3 Å². The number of anilines is 1. The van der Waals surface area contributed by atoms with Gasteiger partial charge in [0.2, 0.25) is 0 Å². The van der Waals surface area contributed by atoms with Gasteiger partial charge in [-0.3, -0.25) is 0 Å². The fourth-order valence-corrected chi connectivity index (χ4v) is 2.39. The lowest BCUT2D eigenvalue weighted by Gasteiger charge is -2.17. The van der Waals surface area contributed by atoms with Gasteiger partial charge in [-0.2, -0.15) is 0 Å². The highest BCUT2D eigenvalue weighted by molar-refractivity contribution is 5.91. The molecule has 3 nitrogen and oxygen atoms in total. The summed E-state index contributed by atoms with van der Waals surface area (Å²) in [5, 5.41) is 5.90. The molecule has 0 heterocycles. The van der Waals surface area contributed by atoms with E-state index in [2.05, 4.69) is 37.5 Å². The third-order valence-electron chi connectivity index (χ3n) is 3.74. The third-order valence-corrected chi connectivity index (χ3v) is 3.74. The van der Waals surface area contributed by atoms with Gasteiger partial charge in [-0.25, -0.2) is 4.79 Å². The first-order chi connectivity index (χ1) is 10.5. The van der Waals surface area contributed by atoms with Gasteiger partial charge < -0.3 is 10.6 Å². The quantitative estimate of drug-likeness (QED) is 0.840. The van der Waals surface area contributed by atoms with Gasteiger partial charge in [0, 0.05) is 12.2 Å². The Kier molecular flexibility index (Phi) is 5.21. The first kappa shape index (κ1) is 16.1. The van der Waals surface area contributed by atoms with Gasteiger partial charge in [-0.05, 0) is 36.5 Å². The third kappa shape index (κ3) is 4.10. The maximum atomic E-state index is 12.2. The number of nitrogens with one attached hydrogen (secondary N) is 2. The van der Waals surface area contributed by atoms with Crippen LogP contribution in [0.5, 0.6) is 0 Å². The van der Waals surface area contributed by atoms with Crippen LogP contribution in [0.3, 0.4) is 0 Å². The van der Waals surface area contributed by atoms with Crippen LogP contribution in [0.15, 0.2) is 42.5 Å². The fourth-order valence-electron chi connectivity index (χ4n) is 2.39. The van der Waals surface area contributed by atoms with Gasteiger partial charge in [0.15, 0.2) is 0 Å². The van der Waals surface area contributed by atoms with Crippen molar-refractivity contribution in [3.63, 3.8) is 0 Å². The molecule has 2 rings (SSSR count). The molecule has 0 saturated carbocycles. The second-order valence-electron chi connectivity index (χ2n) is 5.99. The molecule has 2 amide bonds. The van der Waals surface area contributed by atoms with Crippen LogP contribution in [0.1, 0.15) is 42.0 Å². The minimum Gasteiger partial charge on any atom is -0.334 e. The molecule has 2 N–H and O–H groups in total. The summed E-state index contributed by atoms with van der Waals surface area (Å²) in [6, 6.07) is 14.1. The van der Waals surface area contributed by atoms with Crippen LogP contribution in [0.2, 0.25) is 0 Å². The Hall–Kier alpha value is -2.29. The van der Waals surface area contributed by atoms with Crippen LogP contribution < -0.4 is 10.6 Å². The molecule has 0 aliphatic carbocycles. The monoisotopic (exact) mass is 296 g/mol. The molecule has 2 aromatic carbocycles. The predicted molar refractivity (Wildman–Crippen MR) is 92.3 cm³/mol. The number of para-hydroxylation sites is 1. The van der Waals surface area contributed by atoms with Crippen LogP contribution in [0.25, 0.3) is 0 Å². The minimum absolute atomic E-state index is 0.170. The van der Waals surface area contributed by atoms with Crippen molar-refractivity contribution in [2.45, 2.75) is 40.2 Å². The maximum Gasteiger partial charge on any atom is 0.319 e. The molecular weight excluding hydrogens is 272 g/mol. The van der Waals surface area contributed by atoms with E-state index in [-0.39, 0.29) is 6.03 Å². The topological polar surface area (TPSA) is 41.1 Å². The number of hydrogen-bond acceptors (Lipinski definition) is 1. The van der Waals surface area contributed by atoms with Gasteiger partial charge in [0.1, 0.15) is 0 Å². The molecule has 0 unspecified atom stereocenters. The van der Waals surface area contributed by atoms with E-state index in [0.717, 1.165) is 22.4 Å². The van der Waals surface area contributed by atoms with E-state index in [9.17, 15) is 4.79 Å². The Morgan fingerprint density at radius 1 is 1.05 bits per heavy atom. The fraction of sp³-hybridized carbons (Fsp3) is 0.316. The molecular formula is C19H24N2O. The summed E-state index contributed by atoms with van der Waals surface area (Å²) in [6.45, 7) is 8.85. The summed E-state index contributed by atoms with van der Waals surface area (Å²) in [5.41, 5.74) is 5.46. The molecule has 0 bridgehead atoms. The number of aryl methyl sites for hydroxylation is 2. The molecule has 0 aromatic heterocycles. The normalized spacial score (nSPS) is 10.6. The highest BCUT2D eigenvalue weighted by Crippen LogP contribution is 2.27.